The van der Waals surface area contributed by atoms with E-state index >= 15 is 0 Å². The quantitative estimate of drug-likeness (QED) is 0.907. The number of hydrogen-bond donors (Lipinski definition) is 1. The normalized spacial score (nSPS) is 10.2. The van der Waals surface area contributed by atoms with Gasteiger partial charge in [-0.3, -0.25) is 4.68 Å². The maximum absolute atomic E-state index is 13.2. The molecule has 2 rings (SSSR count). The molecule has 2 aromatic rings. The molecule has 92 valence electrons. The van der Waals surface area contributed by atoms with Crippen molar-refractivity contribution in [1.82, 2.24) is 9.78 Å². The summed E-state index contributed by atoms with van der Waals surface area (Å²) in [6.45, 7) is 1.73. The van der Waals surface area contributed by atoms with E-state index in [0.29, 0.717) is 27.8 Å². The number of hydrogen-bond acceptors (Lipinski definition) is 3. The number of nitrogens with zero attached hydrogens (tertiary/aromatic N) is 3. The van der Waals surface area contributed by atoms with Crippen LogP contribution in [0.25, 0.3) is 0 Å². The van der Waals surface area contributed by atoms with E-state index in [2.05, 4.69) is 16.5 Å². The number of aromatic nitrogens is 2. The lowest BCUT2D eigenvalue weighted by molar-refractivity contribution is 0.628. The molecule has 1 aromatic carbocycles. The second-order valence-electron chi connectivity index (χ2n) is 3.79. The number of rotatable bonds is 2. The molecule has 0 aliphatic heterocycles. The average Bonchev–Trinajstić information content (AvgIpc) is 2.58. The molecule has 0 unspecified atom stereocenters. The van der Waals surface area contributed by atoms with Gasteiger partial charge in [-0.2, -0.15) is 10.4 Å². The summed E-state index contributed by atoms with van der Waals surface area (Å²) in [5.41, 5.74) is 1.42. The standard InChI is InChI=1S/C12H10ClFN4/c1-7-9(6-15)12(18(2)17-7)16-11-5-8(14)3-4-10(11)13/h3-5,16H,1-2H3. The van der Waals surface area contributed by atoms with Gasteiger partial charge in [0.25, 0.3) is 0 Å². The van der Waals surface area contributed by atoms with Crippen molar-refractivity contribution in [2.75, 3.05) is 5.32 Å². The SMILES string of the molecule is Cc1nn(C)c(Nc2cc(F)ccc2Cl)c1C#N. The summed E-state index contributed by atoms with van der Waals surface area (Å²) in [5.74, 6) is 0.0850. The van der Waals surface area contributed by atoms with Gasteiger partial charge in [-0.25, -0.2) is 4.39 Å². The number of benzene rings is 1. The highest BCUT2D eigenvalue weighted by Gasteiger charge is 2.14. The maximum atomic E-state index is 13.2. The Kier molecular flexibility index (Phi) is 3.21. The Hall–Kier alpha value is -2.06. The van der Waals surface area contributed by atoms with Crippen molar-refractivity contribution in [3.05, 3.63) is 40.3 Å². The van der Waals surface area contributed by atoms with Crippen molar-refractivity contribution in [2.24, 2.45) is 7.05 Å². The first-order valence-electron chi connectivity index (χ1n) is 5.18. The van der Waals surface area contributed by atoms with Gasteiger partial charge in [0, 0.05) is 7.05 Å². The third kappa shape index (κ3) is 2.15. The molecule has 0 spiro atoms. The van der Waals surface area contributed by atoms with E-state index < -0.39 is 5.82 Å². The van der Waals surface area contributed by atoms with Gasteiger partial charge in [0.1, 0.15) is 23.3 Å². The predicted molar refractivity (Wildman–Crippen MR) is 67.4 cm³/mol. The van der Waals surface area contributed by atoms with E-state index in [9.17, 15) is 4.39 Å². The van der Waals surface area contributed by atoms with Gasteiger partial charge in [-0.1, -0.05) is 11.6 Å². The summed E-state index contributed by atoms with van der Waals surface area (Å²) < 4.78 is 14.7. The topological polar surface area (TPSA) is 53.6 Å². The Morgan fingerprint density at radius 2 is 2.22 bits per heavy atom. The van der Waals surface area contributed by atoms with Crippen LogP contribution >= 0.6 is 11.6 Å². The molecule has 0 atom stereocenters. The number of aryl methyl sites for hydroxylation is 2. The lowest BCUT2D eigenvalue weighted by Gasteiger charge is -2.09. The van der Waals surface area contributed by atoms with E-state index in [1.54, 1.807) is 14.0 Å². The van der Waals surface area contributed by atoms with Crippen molar-refractivity contribution in [2.45, 2.75) is 6.92 Å². The van der Waals surface area contributed by atoms with E-state index in [1.165, 1.54) is 22.9 Å². The fraction of sp³-hybridized carbons (Fsp3) is 0.167. The molecule has 0 amide bonds. The number of halogens is 2. The molecule has 0 saturated carbocycles. The van der Waals surface area contributed by atoms with Crippen LogP contribution < -0.4 is 5.32 Å². The molecule has 0 bridgehead atoms. The highest BCUT2D eigenvalue weighted by atomic mass is 35.5. The van der Waals surface area contributed by atoms with Gasteiger partial charge in [0.15, 0.2) is 0 Å². The van der Waals surface area contributed by atoms with Crippen LogP contribution in [0, 0.1) is 24.1 Å². The third-order valence-electron chi connectivity index (χ3n) is 2.52. The van der Waals surface area contributed by atoms with E-state index in [0.717, 1.165) is 0 Å². The first-order chi connectivity index (χ1) is 8.52. The minimum Gasteiger partial charge on any atom is -0.338 e. The molecule has 0 aliphatic rings. The number of anilines is 2. The van der Waals surface area contributed by atoms with Crippen molar-refractivity contribution < 1.29 is 4.39 Å². The fourth-order valence-electron chi connectivity index (χ4n) is 1.66. The number of nitriles is 1. The molecule has 1 aromatic heterocycles. The Labute approximate surface area is 109 Å². The Morgan fingerprint density at radius 3 is 2.89 bits per heavy atom. The first kappa shape index (κ1) is 12.4. The van der Waals surface area contributed by atoms with Crippen LogP contribution in [-0.4, -0.2) is 9.78 Å². The molecular formula is C12H10ClFN4. The van der Waals surface area contributed by atoms with Gasteiger partial charge in [-0.15, -0.1) is 0 Å². The first-order valence-corrected chi connectivity index (χ1v) is 5.56. The molecule has 4 nitrogen and oxygen atoms in total. The fourth-order valence-corrected chi connectivity index (χ4v) is 1.82. The van der Waals surface area contributed by atoms with Crippen LogP contribution in [0.3, 0.4) is 0 Å². The molecule has 6 heteroatoms. The second kappa shape index (κ2) is 4.67. The molecule has 0 radical (unpaired) electrons. The monoisotopic (exact) mass is 264 g/mol. The minimum absolute atomic E-state index is 0.374. The minimum atomic E-state index is -0.403. The Balaban J connectivity index is 2.46. The van der Waals surface area contributed by atoms with Gasteiger partial charge >= 0.3 is 0 Å². The average molecular weight is 265 g/mol. The third-order valence-corrected chi connectivity index (χ3v) is 2.85. The van der Waals surface area contributed by atoms with Crippen LogP contribution in [0.2, 0.25) is 5.02 Å². The molecule has 1 N–H and O–H groups in total. The Bertz CT molecular complexity index is 642. The van der Waals surface area contributed by atoms with E-state index in [-0.39, 0.29) is 0 Å². The molecular weight excluding hydrogens is 255 g/mol. The summed E-state index contributed by atoms with van der Waals surface area (Å²) >= 11 is 5.96. The molecule has 0 fully saturated rings. The van der Waals surface area contributed by atoms with E-state index in [1.807, 2.05) is 0 Å². The summed E-state index contributed by atoms with van der Waals surface area (Å²) in [6.07, 6.45) is 0. The summed E-state index contributed by atoms with van der Waals surface area (Å²) in [4.78, 5) is 0. The molecule has 1 heterocycles. The second-order valence-corrected chi connectivity index (χ2v) is 4.20. The highest BCUT2D eigenvalue weighted by Crippen LogP contribution is 2.28. The lowest BCUT2D eigenvalue weighted by Crippen LogP contribution is -2.01. The van der Waals surface area contributed by atoms with Gasteiger partial charge in [0.2, 0.25) is 0 Å². The van der Waals surface area contributed by atoms with Gasteiger partial charge < -0.3 is 5.32 Å². The van der Waals surface area contributed by atoms with Crippen LogP contribution in [0.1, 0.15) is 11.3 Å². The van der Waals surface area contributed by atoms with Crippen molar-refractivity contribution in [3.63, 3.8) is 0 Å². The molecule has 18 heavy (non-hydrogen) atoms. The van der Waals surface area contributed by atoms with Crippen LogP contribution in [-0.2, 0) is 7.05 Å². The zero-order chi connectivity index (χ0) is 13.3. The summed E-state index contributed by atoms with van der Waals surface area (Å²) in [6, 6.07) is 6.05. The van der Waals surface area contributed by atoms with Crippen molar-refractivity contribution in [3.8, 4) is 6.07 Å². The maximum Gasteiger partial charge on any atom is 0.146 e. The zero-order valence-electron chi connectivity index (χ0n) is 9.83. The van der Waals surface area contributed by atoms with Gasteiger partial charge in [0.05, 0.1) is 16.4 Å². The molecule has 0 saturated heterocycles. The van der Waals surface area contributed by atoms with Crippen LogP contribution in [0.4, 0.5) is 15.9 Å². The molecule has 0 aliphatic carbocycles. The predicted octanol–water partition coefficient (Wildman–Crippen LogP) is 3.14. The lowest BCUT2D eigenvalue weighted by atomic mass is 10.2. The van der Waals surface area contributed by atoms with Crippen LogP contribution in [0.5, 0.6) is 0 Å². The zero-order valence-corrected chi connectivity index (χ0v) is 10.6. The Morgan fingerprint density at radius 1 is 1.50 bits per heavy atom. The van der Waals surface area contributed by atoms with Gasteiger partial charge in [-0.05, 0) is 25.1 Å². The summed E-state index contributed by atoms with van der Waals surface area (Å²) in [7, 11) is 1.70. The van der Waals surface area contributed by atoms with Crippen LogP contribution in [0.15, 0.2) is 18.2 Å². The van der Waals surface area contributed by atoms with Crippen molar-refractivity contribution >= 4 is 23.1 Å². The van der Waals surface area contributed by atoms with Crippen molar-refractivity contribution in [1.29, 1.82) is 5.26 Å². The highest BCUT2D eigenvalue weighted by molar-refractivity contribution is 6.33. The summed E-state index contributed by atoms with van der Waals surface area (Å²) in [5, 5.41) is 16.5. The van der Waals surface area contributed by atoms with E-state index in [4.69, 9.17) is 16.9 Å². The smallest absolute Gasteiger partial charge is 0.146 e. The largest absolute Gasteiger partial charge is 0.338 e. The number of nitrogens with one attached hydrogen (secondary N) is 1.